The summed E-state index contributed by atoms with van der Waals surface area (Å²) in [5.74, 6) is 0. The van der Waals surface area contributed by atoms with Gasteiger partial charge in [-0.05, 0) is 0 Å². The maximum Gasteiger partial charge on any atom is -1.00 e. The first kappa shape index (κ1) is 4.50. The largest absolute Gasteiger partial charge is 1.00 e. The van der Waals surface area contributed by atoms with Crippen molar-refractivity contribution < 1.29 is 4.28 Å². The minimum absolute atomic E-state index is 0. The smallest absolute Gasteiger partial charge is 1.00 e. The molecule has 0 radical (unpaired) electrons. The molecule has 0 atom stereocenters. The van der Waals surface area contributed by atoms with Gasteiger partial charge in [-0.25, -0.2) is 0 Å². The summed E-state index contributed by atoms with van der Waals surface area (Å²) in [4.78, 5) is 0. The molecule has 2 heteroatoms. The van der Waals surface area contributed by atoms with Gasteiger partial charge in [-0.15, -0.1) is 0 Å². The quantitative estimate of drug-likeness (QED) is 0.447. The Morgan fingerprint density at radius 3 is 2.25 bits per heavy atom. The Labute approximate surface area is 39.2 Å². The minimum atomic E-state index is 0. The maximum atomic E-state index is 5.07. The number of rotatable bonds is 1. The van der Waals surface area contributed by atoms with E-state index in [-0.39, 0.29) is 4.28 Å². The van der Waals surface area contributed by atoms with Gasteiger partial charge < -0.3 is 4.28 Å². The second-order valence-corrected chi connectivity index (χ2v) is 2.89. The summed E-state index contributed by atoms with van der Waals surface area (Å²) in [5, 5.41) is 1.28. The van der Waals surface area contributed by atoms with Gasteiger partial charge in [0.1, 0.15) is 0 Å². The molecule has 0 aliphatic heterocycles. The fourth-order valence-electron chi connectivity index (χ4n) is 0. The number of hydrogen-bond acceptors (Lipinski definition) is 1. The molecule has 4 heavy (non-hydrogen) atoms. The molecule has 0 saturated carbocycles. The van der Waals surface area contributed by atoms with Gasteiger partial charge in [-0.2, -0.15) is 0 Å². The molecule has 0 rings (SSSR count). The third-order valence-corrected chi connectivity index (χ3v) is 1.50. The first-order valence-electron chi connectivity index (χ1n) is 1.62. The van der Waals surface area contributed by atoms with E-state index in [1.165, 1.54) is 5.25 Å². The van der Waals surface area contributed by atoms with Gasteiger partial charge in [0.05, 0.1) is 0 Å². The summed E-state index contributed by atoms with van der Waals surface area (Å²) in [6.07, 6.45) is 0. The molecule has 0 fully saturated rings. The third-order valence-electron chi connectivity index (χ3n) is 0.289. The molecule has 0 spiro atoms. The van der Waals surface area contributed by atoms with Crippen LogP contribution in [0.1, 0.15) is 4.28 Å². The molecule has 0 amide bonds. The van der Waals surface area contributed by atoms with E-state index in [2.05, 4.69) is 0 Å². The van der Waals surface area contributed by atoms with E-state index < -0.39 is 0 Å². The van der Waals surface area contributed by atoms with Crippen molar-refractivity contribution in [3.05, 3.63) is 0 Å². The molecule has 0 saturated heterocycles. The molecule has 0 aliphatic rings. The molecule has 0 heterocycles. The Hall–Kier alpha value is 0.503. The van der Waals surface area contributed by atoms with Gasteiger partial charge in [0.2, 0.25) is 0 Å². The second-order valence-electron chi connectivity index (χ2n) is 0.789. The maximum absolute atomic E-state index is 5.07. The molecule has 0 aliphatic carbocycles. The van der Waals surface area contributed by atoms with Crippen LogP contribution < -0.4 is 5.73 Å². The van der Waals surface area contributed by atoms with Gasteiger partial charge in [-0.1, -0.05) is 0 Å². The fraction of sp³-hybridized carbons (Fsp3) is 1.00. The molecule has 2 N–H and O–H groups in total. The van der Waals surface area contributed by atoms with Crippen LogP contribution in [0.3, 0.4) is 0 Å². The third kappa shape index (κ3) is 2.50. The zero-order valence-electron chi connectivity index (χ0n) is 5.99. The Kier molecular flexibility index (Phi) is 3.94. The summed E-state index contributed by atoms with van der Waals surface area (Å²) in [6, 6.07) is 0. The molecule has 0 unspecified atom stereocenters. The van der Waals surface area contributed by atoms with Crippen molar-refractivity contribution in [1.29, 1.82) is 0 Å². The Morgan fingerprint density at radius 1 is 2.00 bits per heavy atom. The van der Waals surface area contributed by atoms with E-state index in [4.69, 9.17) is 5.73 Å². The van der Waals surface area contributed by atoms with Crippen LogP contribution >= 0.6 is 0 Å². The van der Waals surface area contributed by atoms with Crippen molar-refractivity contribution in [3.63, 3.8) is 0 Å². The number of hydrogen-bond donors (Lipinski definition) is 1. The van der Waals surface area contributed by atoms with Gasteiger partial charge in [0.25, 0.3) is 0 Å². The zero-order valence-corrected chi connectivity index (χ0v) is 7.19. The summed E-state index contributed by atoms with van der Waals surface area (Å²) in [7, 11) is 0. The molecular weight excluding hydrogens is 111 g/mol. The molecule has 0 aromatic rings. The predicted molar refractivity (Wildman–Crippen MR) is 27.1 cm³/mol. The standard InChI is InChI=1S/C2H9GeN.3H/c3-1-2-4;;;/h1-2,4H2,3H3;;;/q;3*-1. The minimum Gasteiger partial charge on any atom is -1.00 e. The van der Waals surface area contributed by atoms with E-state index >= 15 is 0 Å². The van der Waals surface area contributed by atoms with Crippen molar-refractivity contribution in [2.45, 2.75) is 5.25 Å². The van der Waals surface area contributed by atoms with E-state index in [9.17, 15) is 0 Å². The first-order valence-corrected chi connectivity index (χ1v) is 4.58. The SMILES string of the molecule is NC[CH2][GeH3].[H-].[H-].[H-]. The van der Waals surface area contributed by atoms with Gasteiger partial charge in [-0.3, -0.25) is 0 Å². The predicted octanol–water partition coefficient (Wildman–Crippen LogP) is -0.934. The van der Waals surface area contributed by atoms with Crippen molar-refractivity contribution >= 4 is 16.5 Å². The van der Waals surface area contributed by atoms with Crippen LogP contribution in [0.5, 0.6) is 0 Å². The number of nitrogens with two attached hydrogens (primary N) is 1. The molecule has 0 bridgehead atoms. The van der Waals surface area contributed by atoms with Crippen LogP contribution in [0.4, 0.5) is 0 Å². The van der Waals surface area contributed by atoms with Crippen LogP contribution in [-0.2, 0) is 0 Å². The molecule has 1 nitrogen and oxygen atoms in total. The van der Waals surface area contributed by atoms with Gasteiger partial charge in [0.15, 0.2) is 0 Å². The van der Waals surface area contributed by atoms with Crippen LogP contribution in [0.2, 0.25) is 5.25 Å². The summed E-state index contributed by atoms with van der Waals surface area (Å²) >= 11 is 0.988. The summed E-state index contributed by atoms with van der Waals surface area (Å²) in [6.45, 7) is 0.903. The van der Waals surface area contributed by atoms with E-state index in [1.54, 1.807) is 0 Å². The average Bonchev–Trinajstić information content (AvgIpc) is 1.37. The van der Waals surface area contributed by atoms with Crippen LogP contribution in [-0.4, -0.2) is 23.1 Å². The molecule has 32 valence electrons. The van der Waals surface area contributed by atoms with Crippen molar-refractivity contribution in [3.8, 4) is 0 Å². The van der Waals surface area contributed by atoms with Gasteiger partial charge in [0, 0.05) is 0 Å². The molecular formula is C2H12GeN-3. The van der Waals surface area contributed by atoms with Gasteiger partial charge >= 0.3 is 34.0 Å². The Balaban J connectivity index is -0.0000000150. The second kappa shape index (κ2) is 3.50. The zero-order chi connectivity index (χ0) is 3.41. The topological polar surface area (TPSA) is 26.0 Å². The van der Waals surface area contributed by atoms with E-state index in [1.807, 2.05) is 0 Å². The van der Waals surface area contributed by atoms with Crippen LogP contribution in [0.15, 0.2) is 0 Å². The normalized spacial score (nSPS) is 8.25. The summed E-state index contributed by atoms with van der Waals surface area (Å²) in [5.41, 5.74) is 5.07. The monoisotopic (exact) mass is 124 g/mol. The molecule has 0 aromatic heterocycles. The van der Waals surface area contributed by atoms with Crippen LogP contribution in [0.25, 0.3) is 0 Å². The Bertz CT molecular complexity index is 14.9. The molecule has 0 aromatic carbocycles. The van der Waals surface area contributed by atoms with Crippen molar-refractivity contribution in [1.82, 2.24) is 0 Å². The van der Waals surface area contributed by atoms with Crippen LogP contribution in [0, 0.1) is 0 Å². The Morgan fingerprint density at radius 2 is 2.25 bits per heavy atom. The average molecular weight is 123 g/mol. The van der Waals surface area contributed by atoms with E-state index in [0.717, 1.165) is 23.1 Å². The van der Waals surface area contributed by atoms with Crippen molar-refractivity contribution in [2.24, 2.45) is 5.73 Å². The fourth-order valence-corrected chi connectivity index (χ4v) is 0. The van der Waals surface area contributed by atoms with E-state index in [0.29, 0.717) is 0 Å². The van der Waals surface area contributed by atoms with Crippen molar-refractivity contribution in [2.75, 3.05) is 6.54 Å². The first-order chi connectivity index (χ1) is 1.91. The summed E-state index contributed by atoms with van der Waals surface area (Å²) < 4.78 is 0.